The molecular weight excluding hydrogens is 258 g/mol. The zero-order chi connectivity index (χ0) is 14.7. The van der Waals surface area contributed by atoms with Crippen molar-refractivity contribution in [2.45, 2.75) is 19.8 Å². The van der Waals surface area contributed by atoms with Crippen LogP contribution in [-0.2, 0) is 12.8 Å². The SMILES string of the molecule is CCc1cnccc1C(=O)Cc1cccc2ccccc12. The van der Waals surface area contributed by atoms with E-state index in [9.17, 15) is 4.79 Å². The van der Waals surface area contributed by atoms with E-state index < -0.39 is 0 Å². The lowest BCUT2D eigenvalue weighted by molar-refractivity contribution is 0.0992. The first kappa shape index (κ1) is 13.5. The maximum absolute atomic E-state index is 12.6. The maximum atomic E-state index is 12.6. The normalized spacial score (nSPS) is 10.7. The van der Waals surface area contributed by atoms with Crippen LogP contribution >= 0.6 is 0 Å². The van der Waals surface area contributed by atoms with E-state index in [0.717, 1.165) is 28.5 Å². The van der Waals surface area contributed by atoms with Crippen molar-refractivity contribution < 1.29 is 4.79 Å². The highest BCUT2D eigenvalue weighted by atomic mass is 16.1. The summed E-state index contributed by atoms with van der Waals surface area (Å²) < 4.78 is 0. The quantitative estimate of drug-likeness (QED) is 0.667. The molecule has 2 nitrogen and oxygen atoms in total. The van der Waals surface area contributed by atoms with Gasteiger partial charge in [-0.1, -0.05) is 49.4 Å². The fraction of sp³-hybridized carbons (Fsp3) is 0.158. The van der Waals surface area contributed by atoms with Gasteiger partial charge in [0.25, 0.3) is 0 Å². The number of aromatic nitrogens is 1. The molecule has 1 heterocycles. The van der Waals surface area contributed by atoms with E-state index in [-0.39, 0.29) is 5.78 Å². The lowest BCUT2D eigenvalue weighted by Crippen LogP contribution is -2.07. The zero-order valence-electron chi connectivity index (χ0n) is 12.0. The molecule has 0 spiro atoms. The maximum Gasteiger partial charge on any atom is 0.167 e. The van der Waals surface area contributed by atoms with Gasteiger partial charge >= 0.3 is 0 Å². The number of ketones is 1. The van der Waals surface area contributed by atoms with E-state index in [2.05, 4.69) is 23.2 Å². The molecular formula is C19H17NO. The first-order chi connectivity index (χ1) is 10.3. The van der Waals surface area contributed by atoms with Crippen LogP contribution in [0.5, 0.6) is 0 Å². The summed E-state index contributed by atoms with van der Waals surface area (Å²) in [7, 11) is 0. The van der Waals surface area contributed by atoms with Crippen molar-refractivity contribution in [2.24, 2.45) is 0 Å². The summed E-state index contributed by atoms with van der Waals surface area (Å²) in [5.74, 6) is 0.158. The second-order valence-corrected chi connectivity index (χ2v) is 5.12. The zero-order valence-corrected chi connectivity index (χ0v) is 12.0. The smallest absolute Gasteiger partial charge is 0.167 e. The lowest BCUT2D eigenvalue weighted by Gasteiger charge is -2.08. The molecule has 3 aromatic rings. The summed E-state index contributed by atoms with van der Waals surface area (Å²) >= 11 is 0. The molecule has 0 fully saturated rings. The Balaban J connectivity index is 1.97. The Labute approximate surface area is 124 Å². The third-order valence-corrected chi connectivity index (χ3v) is 3.82. The van der Waals surface area contributed by atoms with E-state index in [1.807, 2.05) is 37.3 Å². The van der Waals surface area contributed by atoms with Crippen molar-refractivity contribution in [3.63, 3.8) is 0 Å². The minimum atomic E-state index is 0.158. The second-order valence-electron chi connectivity index (χ2n) is 5.12. The highest BCUT2D eigenvalue weighted by molar-refractivity contribution is 6.01. The van der Waals surface area contributed by atoms with Crippen LogP contribution in [0.15, 0.2) is 60.9 Å². The number of nitrogens with zero attached hydrogens (tertiary/aromatic N) is 1. The van der Waals surface area contributed by atoms with Gasteiger partial charge in [0.15, 0.2) is 5.78 Å². The average molecular weight is 275 g/mol. The molecule has 0 aliphatic heterocycles. The molecule has 0 saturated carbocycles. The molecule has 0 radical (unpaired) electrons. The van der Waals surface area contributed by atoms with Gasteiger partial charge in [-0.2, -0.15) is 0 Å². The molecule has 0 unspecified atom stereocenters. The van der Waals surface area contributed by atoms with Crippen LogP contribution in [0.2, 0.25) is 0 Å². The number of Topliss-reactive ketones (excluding diaryl/α,β-unsaturated/α-hetero) is 1. The summed E-state index contributed by atoms with van der Waals surface area (Å²) in [6, 6.07) is 16.1. The Kier molecular flexibility index (Phi) is 3.78. The first-order valence-electron chi connectivity index (χ1n) is 7.22. The van der Waals surface area contributed by atoms with Crippen LogP contribution in [0.4, 0.5) is 0 Å². The monoisotopic (exact) mass is 275 g/mol. The molecule has 2 aromatic carbocycles. The van der Waals surface area contributed by atoms with Gasteiger partial charge in [-0.15, -0.1) is 0 Å². The Morgan fingerprint density at radius 1 is 1.00 bits per heavy atom. The van der Waals surface area contributed by atoms with Crippen molar-refractivity contribution >= 4 is 16.6 Å². The fourth-order valence-electron chi connectivity index (χ4n) is 2.70. The van der Waals surface area contributed by atoms with E-state index in [1.54, 1.807) is 12.4 Å². The summed E-state index contributed by atoms with van der Waals surface area (Å²) in [4.78, 5) is 16.7. The van der Waals surface area contributed by atoms with Crippen LogP contribution in [0.25, 0.3) is 10.8 Å². The number of carbonyl (C=O) groups is 1. The largest absolute Gasteiger partial charge is 0.294 e. The predicted molar refractivity (Wildman–Crippen MR) is 85.6 cm³/mol. The van der Waals surface area contributed by atoms with Crippen LogP contribution in [0.3, 0.4) is 0 Å². The molecule has 104 valence electrons. The second kappa shape index (κ2) is 5.88. The fourth-order valence-corrected chi connectivity index (χ4v) is 2.70. The number of rotatable bonds is 4. The molecule has 0 saturated heterocycles. The van der Waals surface area contributed by atoms with Crippen LogP contribution < -0.4 is 0 Å². The van der Waals surface area contributed by atoms with Crippen molar-refractivity contribution in [1.29, 1.82) is 0 Å². The lowest BCUT2D eigenvalue weighted by atomic mass is 9.96. The van der Waals surface area contributed by atoms with Gasteiger partial charge in [0.1, 0.15) is 0 Å². The van der Waals surface area contributed by atoms with Crippen molar-refractivity contribution in [3.05, 3.63) is 77.6 Å². The number of carbonyl (C=O) groups excluding carboxylic acids is 1. The van der Waals surface area contributed by atoms with Gasteiger partial charge in [0.2, 0.25) is 0 Å². The number of pyridine rings is 1. The molecule has 0 bridgehead atoms. The number of benzene rings is 2. The molecule has 21 heavy (non-hydrogen) atoms. The third kappa shape index (κ3) is 2.70. The van der Waals surface area contributed by atoms with E-state index >= 15 is 0 Å². The molecule has 0 amide bonds. The van der Waals surface area contributed by atoms with Gasteiger partial charge in [-0.3, -0.25) is 9.78 Å². The molecule has 0 aliphatic rings. The summed E-state index contributed by atoms with van der Waals surface area (Å²) in [6.45, 7) is 2.05. The van der Waals surface area contributed by atoms with Gasteiger partial charge in [0, 0.05) is 24.4 Å². The van der Waals surface area contributed by atoms with E-state index in [4.69, 9.17) is 0 Å². The van der Waals surface area contributed by atoms with Crippen LogP contribution in [0.1, 0.15) is 28.4 Å². The number of hydrogen-bond donors (Lipinski definition) is 0. The number of hydrogen-bond acceptors (Lipinski definition) is 2. The van der Waals surface area contributed by atoms with E-state index in [0.29, 0.717) is 6.42 Å². The Morgan fingerprint density at radius 3 is 2.67 bits per heavy atom. The highest BCUT2D eigenvalue weighted by Gasteiger charge is 2.12. The topological polar surface area (TPSA) is 30.0 Å². The molecule has 2 heteroatoms. The van der Waals surface area contributed by atoms with Gasteiger partial charge in [-0.05, 0) is 34.4 Å². The van der Waals surface area contributed by atoms with Gasteiger partial charge < -0.3 is 0 Å². The standard InChI is InChI=1S/C19H17NO/c1-2-14-13-20-11-10-18(14)19(21)12-16-8-5-7-15-6-3-4-9-17(15)16/h3-11,13H,2,12H2,1H3. The molecule has 0 atom stereocenters. The molecule has 1 aromatic heterocycles. The number of aryl methyl sites for hydroxylation is 1. The van der Waals surface area contributed by atoms with Crippen LogP contribution in [-0.4, -0.2) is 10.8 Å². The minimum absolute atomic E-state index is 0.158. The van der Waals surface area contributed by atoms with Crippen molar-refractivity contribution in [2.75, 3.05) is 0 Å². The molecule has 3 rings (SSSR count). The number of fused-ring (bicyclic) bond motifs is 1. The van der Waals surface area contributed by atoms with Crippen molar-refractivity contribution in [3.8, 4) is 0 Å². The first-order valence-corrected chi connectivity index (χ1v) is 7.22. The summed E-state index contributed by atoms with van der Waals surface area (Å²) in [6.07, 6.45) is 4.73. The van der Waals surface area contributed by atoms with E-state index in [1.165, 1.54) is 5.39 Å². The third-order valence-electron chi connectivity index (χ3n) is 3.82. The average Bonchev–Trinajstić information content (AvgIpc) is 2.55. The predicted octanol–water partition coefficient (Wildman–Crippen LogP) is 4.22. The van der Waals surface area contributed by atoms with Crippen LogP contribution in [0, 0.1) is 0 Å². The van der Waals surface area contributed by atoms with Gasteiger partial charge in [0.05, 0.1) is 0 Å². The minimum Gasteiger partial charge on any atom is -0.294 e. The summed E-state index contributed by atoms with van der Waals surface area (Å²) in [5.41, 5.74) is 2.89. The molecule has 0 N–H and O–H groups in total. The Morgan fingerprint density at radius 2 is 1.81 bits per heavy atom. The highest BCUT2D eigenvalue weighted by Crippen LogP contribution is 2.21. The molecule has 0 aliphatic carbocycles. The Hall–Kier alpha value is -2.48. The van der Waals surface area contributed by atoms with Crippen molar-refractivity contribution in [1.82, 2.24) is 4.98 Å². The van der Waals surface area contributed by atoms with Gasteiger partial charge in [-0.25, -0.2) is 0 Å². The Bertz CT molecular complexity index is 787. The summed E-state index contributed by atoms with van der Waals surface area (Å²) in [5, 5.41) is 2.33.